The second-order valence-corrected chi connectivity index (χ2v) is 6.55. The van der Waals surface area contributed by atoms with Gasteiger partial charge in [-0.05, 0) is 49.8 Å². The molecule has 1 aromatic rings. The minimum Gasteiger partial charge on any atom is -0.351 e. The van der Waals surface area contributed by atoms with Crippen molar-refractivity contribution in [3.05, 3.63) is 15.9 Å². The van der Waals surface area contributed by atoms with E-state index in [0.717, 1.165) is 17.8 Å². The zero-order valence-electron chi connectivity index (χ0n) is 14.5. The molecule has 1 rings (SSSR count). The molecule has 1 amide bonds. The van der Waals surface area contributed by atoms with E-state index in [1.807, 2.05) is 20.8 Å². The summed E-state index contributed by atoms with van der Waals surface area (Å²) in [5, 5.41) is 6.41. The summed E-state index contributed by atoms with van der Waals surface area (Å²) in [4.78, 5) is 14.5. The van der Waals surface area contributed by atoms with Crippen molar-refractivity contribution in [3.63, 3.8) is 0 Å². The van der Waals surface area contributed by atoms with Crippen LogP contribution in [-0.2, 0) is 11.0 Å². The molecule has 1 N–H and O–H groups in total. The van der Waals surface area contributed by atoms with Gasteiger partial charge in [0.15, 0.2) is 5.69 Å². The average molecular weight is 413 g/mol. The van der Waals surface area contributed by atoms with Gasteiger partial charge in [0, 0.05) is 12.6 Å². The summed E-state index contributed by atoms with van der Waals surface area (Å²) in [6, 6.07) is -0.946. The van der Waals surface area contributed by atoms with E-state index in [2.05, 4.69) is 31.2 Å². The SMILES string of the molecule is CCN(CC)C[C@@H](C)NC(=O)[C@H](C)n1nc(C(F)(F)F)c(Br)c1C. The van der Waals surface area contributed by atoms with Crippen molar-refractivity contribution in [2.75, 3.05) is 19.6 Å². The van der Waals surface area contributed by atoms with Crippen LogP contribution in [0.5, 0.6) is 0 Å². The maximum Gasteiger partial charge on any atom is 0.436 e. The van der Waals surface area contributed by atoms with Crippen molar-refractivity contribution in [1.82, 2.24) is 20.0 Å². The van der Waals surface area contributed by atoms with E-state index < -0.39 is 17.9 Å². The van der Waals surface area contributed by atoms with Crippen molar-refractivity contribution in [2.24, 2.45) is 0 Å². The highest BCUT2D eigenvalue weighted by molar-refractivity contribution is 9.10. The lowest BCUT2D eigenvalue weighted by molar-refractivity contribution is -0.142. The van der Waals surface area contributed by atoms with Gasteiger partial charge in [0.05, 0.1) is 10.2 Å². The quantitative estimate of drug-likeness (QED) is 0.746. The van der Waals surface area contributed by atoms with Crippen LogP contribution < -0.4 is 5.32 Å². The molecule has 0 saturated carbocycles. The molecule has 0 fully saturated rings. The molecule has 0 aliphatic heterocycles. The van der Waals surface area contributed by atoms with E-state index in [0.29, 0.717) is 6.54 Å². The third-order valence-corrected chi connectivity index (χ3v) is 4.86. The number of likely N-dealkylation sites (N-methyl/N-ethyl adjacent to an activating group) is 1. The van der Waals surface area contributed by atoms with Crippen LogP contribution in [0.4, 0.5) is 13.2 Å². The number of carbonyl (C=O) groups is 1. The van der Waals surface area contributed by atoms with Gasteiger partial charge in [0.1, 0.15) is 6.04 Å². The number of alkyl halides is 3. The first-order valence-electron chi connectivity index (χ1n) is 7.87. The second kappa shape index (κ2) is 8.33. The highest BCUT2D eigenvalue weighted by Gasteiger charge is 2.39. The Morgan fingerprint density at radius 2 is 1.88 bits per heavy atom. The fraction of sp³-hybridized carbons (Fsp3) is 0.733. The molecule has 0 bridgehead atoms. The summed E-state index contributed by atoms with van der Waals surface area (Å²) in [7, 11) is 0. The van der Waals surface area contributed by atoms with Crippen LogP contribution in [0.25, 0.3) is 0 Å². The Morgan fingerprint density at radius 1 is 1.33 bits per heavy atom. The van der Waals surface area contributed by atoms with E-state index in [4.69, 9.17) is 0 Å². The fourth-order valence-corrected chi connectivity index (χ4v) is 2.93. The molecule has 1 aromatic heterocycles. The predicted molar refractivity (Wildman–Crippen MR) is 89.8 cm³/mol. The molecule has 24 heavy (non-hydrogen) atoms. The lowest BCUT2D eigenvalue weighted by atomic mass is 10.2. The van der Waals surface area contributed by atoms with Crippen molar-refractivity contribution in [3.8, 4) is 0 Å². The van der Waals surface area contributed by atoms with Crippen molar-refractivity contribution in [2.45, 2.75) is 52.9 Å². The summed E-state index contributed by atoms with van der Waals surface area (Å²) in [6.45, 7) is 11.4. The van der Waals surface area contributed by atoms with Crippen molar-refractivity contribution >= 4 is 21.8 Å². The number of carbonyl (C=O) groups excluding carboxylic acids is 1. The molecule has 1 heterocycles. The van der Waals surface area contributed by atoms with Gasteiger partial charge in [-0.1, -0.05) is 13.8 Å². The lowest BCUT2D eigenvalue weighted by Crippen LogP contribution is -2.44. The van der Waals surface area contributed by atoms with Crippen LogP contribution in [0.3, 0.4) is 0 Å². The van der Waals surface area contributed by atoms with Crippen molar-refractivity contribution < 1.29 is 18.0 Å². The van der Waals surface area contributed by atoms with E-state index >= 15 is 0 Å². The molecule has 138 valence electrons. The van der Waals surface area contributed by atoms with E-state index in [1.165, 1.54) is 13.8 Å². The molecule has 9 heteroatoms. The predicted octanol–water partition coefficient (Wildman–Crippen LogP) is 3.38. The van der Waals surface area contributed by atoms with Gasteiger partial charge in [-0.2, -0.15) is 18.3 Å². The molecule has 5 nitrogen and oxygen atoms in total. The monoisotopic (exact) mass is 412 g/mol. The summed E-state index contributed by atoms with van der Waals surface area (Å²) in [6.07, 6.45) is -4.57. The molecule has 0 saturated heterocycles. The number of aromatic nitrogens is 2. The fourth-order valence-electron chi connectivity index (χ4n) is 2.45. The van der Waals surface area contributed by atoms with Crippen LogP contribution in [0.15, 0.2) is 4.47 Å². The zero-order chi connectivity index (χ0) is 18.7. The molecule has 0 aliphatic carbocycles. The van der Waals surface area contributed by atoms with Crippen LogP contribution in [-0.4, -0.2) is 46.3 Å². The van der Waals surface area contributed by atoms with Gasteiger partial charge in [0.2, 0.25) is 5.91 Å². The standard InChI is InChI=1S/C15H24BrF3N4O/c1-6-22(7-2)8-9(3)20-14(24)11(5)23-10(4)12(16)13(21-23)15(17,18)19/h9,11H,6-8H2,1-5H3,(H,20,24)/t9-,11+/m1/s1. The number of amides is 1. The third kappa shape index (κ3) is 4.95. The minimum absolute atomic E-state index is 0.110. The molecule has 2 atom stereocenters. The van der Waals surface area contributed by atoms with Crippen LogP contribution in [0, 0.1) is 6.92 Å². The molecular formula is C15H24BrF3N4O. The van der Waals surface area contributed by atoms with Crippen LogP contribution in [0.1, 0.15) is 45.1 Å². The molecule has 0 radical (unpaired) electrons. The Balaban J connectivity index is 2.87. The Morgan fingerprint density at radius 3 is 2.29 bits per heavy atom. The smallest absolute Gasteiger partial charge is 0.351 e. The highest BCUT2D eigenvalue weighted by atomic mass is 79.9. The largest absolute Gasteiger partial charge is 0.436 e. The first-order chi connectivity index (χ1) is 11.0. The Hall–Kier alpha value is -1.09. The maximum absolute atomic E-state index is 12.9. The van der Waals surface area contributed by atoms with Gasteiger partial charge in [0.25, 0.3) is 0 Å². The average Bonchev–Trinajstić information content (AvgIpc) is 2.80. The number of nitrogens with zero attached hydrogens (tertiary/aromatic N) is 3. The molecular weight excluding hydrogens is 389 g/mol. The van der Waals surface area contributed by atoms with E-state index in [-0.39, 0.29) is 22.1 Å². The van der Waals surface area contributed by atoms with Gasteiger partial charge >= 0.3 is 6.18 Å². The zero-order valence-corrected chi connectivity index (χ0v) is 16.1. The number of nitrogens with one attached hydrogen (secondary N) is 1. The van der Waals surface area contributed by atoms with Gasteiger partial charge in [-0.25, -0.2) is 0 Å². The topological polar surface area (TPSA) is 50.2 Å². The van der Waals surface area contributed by atoms with Gasteiger partial charge in [-0.3, -0.25) is 9.48 Å². The minimum atomic E-state index is -4.57. The van der Waals surface area contributed by atoms with E-state index in [9.17, 15) is 18.0 Å². The van der Waals surface area contributed by atoms with Crippen molar-refractivity contribution in [1.29, 1.82) is 0 Å². The summed E-state index contributed by atoms with van der Waals surface area (Å²) in [5.41, 5.74) is -0.753. The third-order valence-electron chi connectivity index (χ3n) is 3.91. The van der Waals surface area contributed by atoms with Crippen LogP contribution >= 0.6 is 15.9 Å². The first-order valence-corrected chi connectivity index (χ1v) is 8.66. The Kier molecular flexibility index (Phi) is 7.27. The van der Waals surface area contributed by atoms with Gasteiger partial charge in [-0.15, -0.1) is 0 Å². The Bertz CT molecular complexity index is 570. The molecule has 0 unspecified atom stereocenters. The summed E-state index contributed by atoms with van der Waals surface area (Å²) in [5.74, 6) is -0.360. The normalized spacial score (nSPS) is 14.8. The molecule has 0 aromatic carbocycles. The molecule has 0 aliphatic rings. The second-order valence-electron chi connectivity index (χ2n) is 5.76. The summed E-state index contributed by atoms with van der Waals surface area (Å²) >= 11 is 2.91. The number of hydrogen-bond acceptors (Lipinski definition) is 3. The number of halogens is 4. The lowest BCUT2D eigenvalue weighted by Gasteiger charge is -2.24. The van der Waals surface area contributed by atoms with Gasteiger partial charge < -0.3 is 10.2 Å². The van der Waals surface area contributed by atoms with Crippen LogP contribution in [0.2, 0.25) is 0 Å². The highest BCUT2D eigenvalue weighted by Crippen LogP contribution is 2.36. The maximum atomic E-state index is 12.9. The Labute approximate surface area is 148 Å². The van der Waals surface area contributed by atoms with E-state index in [1.54, 1.807) is 0 Å². The first kappa shape index (κ1) is 21.0. The molecule has 0 spiro atoms. The number of rotatable bonds is 7. The number of hydrogen-bond donors (Lipinski definition) is 1. The summed E-state index contributed by atoms with van der Waals surface area (Å²) < 4.78 is 39.7.